The van der Waals surface area contributed by atoms with Crippen LogP contribution in [-0.4, -0.2) is 4.57 Å². The predicted octanol–water partition coefficient (Wildman–Crippen LogP) is 6.50. The molecule has 0 saturated heterocycles. The summed E-state index contributed by atoms with van der Waals surface area (Å²) >= 11 is 0. The van der Waals surface area contributed by atoms with E-state index in [0.717, 1.165) is 19.4 Å². The van der Waals surface area contributed by atoms with E-state index >= 15 is 0 Å². The summed E-state index contributed by atoms with van der Waals surface area (Å²) in [6.07, 6.45) is 6.74. The van der Waals surface area contributed by atoms with Crippen LogP contribution in [-0.2, 0) is 19.4 Å². The molecule has 0 bridgehead atoms. The molecule has 4 aromatic rings. The Hall–Kier alpha value is -3.13. The van der Waals surface area contributed by atoms with Crippen molar-refractivity contribution >= 4 is 0 Å². The van der Waals surface area contributed by atoms with E-state index in [0.29, 0.717) is 5.92 Å². The van der Waals surface area contributed by atoms with Gasteiger partial charge in [0, 0.05) is 6.42 Å². The number of aryl methyl sites for hydroxylation is 1. The minimum Gasteiger partial charge on any atom is -0.233 e. The molecule has 0 aliphatic heterocycles. The SMILES string of the molecule is CCCCn1cc(CC(C)c2ccccc2)[n+](-c2ccccc2)c1Cc1ccccc1. The van der Waals surface area contributed by atoms with Crippen LogP contribution >= 0.6 is 0 Å². The minimum atomic E-state index is 0.461. The van der Waals surface area contributed by atoms with Crippen molar-refractivity contribution in [3.63, 3.8) is 0 Å². The molecule has 0 radical (unpaired) electrons. The zero-order valence-electron chi connectivity index (χ0n) is 18.7. The van der Waals surface area contributed by atoms with Crippen molar-refractivity contribution < 1.29 is 4.57 Å². The van der Waals surface area contributed by atoms with Gasteiger partial charge in [-0.2, -0.15) is 4.57 Å². The Labute approximate surface area is 186 Å². The first-order valence-corrected chi connectivity index (χ1v) is 11.5. The molecule has 0 saturated carbocycles. The molecule has 2 nitrogen and oxygen atoms in total. The number of hydrogen-bond acceptors (Lipinski definition) is 0. The standard InChI is InChI=1S/C29H33N2/c1-3-4-20-30-23-28(21-24(2)26-16-10-6-11-17-26)31(27-18-12-7-13-19-27)29(30)22-25-14-8-5-9-15-25/h5-19,23-24H,3-4,20-22H2,1-2H3/q+1. The monoisotopic (exact) mass is 409 g/mol. The molecule has 3 aromatic carbocycles. The van der Waals surface area contributed by atoms with Crippen molar-refractivity contribution in [1.29, 1.82) is 0 Å². The van der Waals surface area contributed by atoms with E-state index < -0.39 is 0 Å². The van der Waals surface area contributed by atoms with Crippen LogP contribution < -0.4 is 4.57 Å². The van der Waals surface area contributed by atoms with Crippen molar-refractivity contribution in [2.75, 3.05) is 0 Å². The summed E-state index contributed by atoms with van der Waals surface area (Å²) in [7, 11) is 0. The first kappa shape index (κ1) is 21.1. The number of imidazole rings is 1. The number of rotatable bonds is 9. The second-order valence-corrected chi connectivity index (χ2v) is 8.43. The van der Waals surface area contributed by atoms with E-state index in [1.165, 1.54) is 41.2 Å². The maximum Gasteiger partial charge on any atom is 0.266 e. The molecule has 0 aliphatic carbocycles. The van der Waals surface area contributed by atoms with Gasteiger partial charge in [-0.25, -0.2) is 4.57 Å². The van der Waals surface area contributed by atoms with Crippen molar-refractivity contribution in [2.24, 2.45) is 0 Å². The maximum absolute atomic E-state index is 2.50. The smallest absolute Gasteiger partial charge is 0.233 e. The Morgan fingerprint density at radius 1 is 0.806 bits per heavy atom. The number of benzene rings is 3. The van der Waals surface area contributed by atoms with Crippen LogP contribution in [0.15, 0.2) is 97.2 Å². The molecule has 1 unspecified atom stereocenters. The van der Waals surface area contributed by atoms with Gasteiger partial charge in [-0.3, -0.25) is 0 Å². The lowest BCUT2D eigenvalue weighted by Gasteiger charge is -2.11. The fourth-order valence-electron chi connectivity index (χ4n) is 4.34. The van der Waals surface area contributed by atoms with Crippen molar-refractivity contribution in [1.82, 2.24) is 4.57 Å². The van der Waals surface area contributed by atoms with E-state index in [4.69, 9.17) is 0 Å². The average Bonchev–Trinajstić information content (AvgIpc) is 3.15. The molecule has 1 aromatic heterocycles. The number of nitrogens with zero attached hydrogens (tertiary/aromatic N) is 2. The molecule has 1 heterocycles. The zero-order valence-corrected chi connectivity index (χ0v) is 18.7. The highest BCUT2D eigenvalue weighted by Gasteiger charge is 2.26. The molecule has 4 rings (SSSR count). The summed E-state index contributed by atoms with van der Waals surface area (Å²) in [6.45, 7) is 5.67. The average molecular weight is 410 g/mol. The second kappa shape index (κ2) is 10.3. The first-order valence-electron chi connectivity index (χ1n) is 11.5. The maximum atomic E-state index is 2.50. The molecule has 31 heavy (non-hydrogen) atoms. The quantitative estimate of drug-likeness (QED) is 0.279. The molecule has 0 fully saturated rings. The van der Waals surface area contributed by atoms with E-state index in [1.54, 1.807) is 0 Å². The highest BCUT2D eigenvalue weighted by Crippen LogP contribution is 2.22. The van der Waals surface area contributed by atoms with Gasteiger partial charge < -0.3 is 0 Å². The van der Waals surface area contributed by atoms with Crippen LogP contribution in [0, 0.1) is 0 Å². The van der Waals surface area contributed by atoms with E-state index in [9.17, 15) is 0 Å². The first-order chi connectivity index (χ1) is 15.3. The van der Waals surface area contributed by atoms with Crippen LogP contribution in [0.1, 0.15) is 55.3 Å². The van der Waals surface area contributed by atoms with Gasteiger partial charge in [0.1, 0.15) is 17.6 Å². The lowest BCUT2D eigenvalue weighted by atomic mass is 9.96. The molecule has 0 amide bonds. The van der Waals surface area contributed by atoms with Crippen molar-refractivity contribution in [3.05, 3.63) is 120 Å². The lowest BCUT2D eigenvalue weighted by molar-refractivity contribution is -0.612. The molecule has 2 heteroatoms. The van der Waals surface area contributed by atoms with Crippen LogP contribution in [0.3, 0.4) is 0 Å². The summed E-state index contributed by atoms with van der Waals surface area (Å²) in [6, 6.07) is 32.6. The topological polar surface area (TPSA) is 8.81 Å². The Morgan fingerprint density at radius 3 is 2.06 bits per heavy atom. The summed E-state index contributed by atoms with van der Waals surface area (Å²) in [5.74, 6) is 1.82. The molecule has 158 valence electrons. The van der Waals surface area contributed by atoms with Crippen LogP contribution in [0.5, 0.6) is 0 Å². The number of aromatic nitrogens is 2. The van der Waals surface area contributed by atoms with E-state index in [1.807, 2.05) is 0 Å². The predicted molar refractivity (Wildman–Crippen MR) is 129 cm³/mol. The highest BCUT2D eigenvalue weighted by molar-refractivity contribution is 5.26. The molecule has 1 atom stereocenters. The third kappa shape index (κ3) is 5.14. The normalized spacial score (nSPS) is 12.1. The minimum absolute atomic E-state index is 0.461. The van der Waals surface area contributed by atoms with Gasteiger partial charge in [0.2, 0.25) is 0 Å². The molecular weight excluding hydrogens is 376 g/mol. The molecular formula is C29H33N2+. The van der Waals surface area contributed by atoms with Gasteiger partial charge in [0.05, 0.1) is 13.0 Å². The number of para-hydroxylation sites is 1. The second-order valence-electron chi connectivity index (χ2n) is 8.43. The van der Waals surface area contributed by atoms with E-state index in [-0.39, 0.29) is 0 Å². The summed E-state index contributed by atoms with van der Waals surface area (Å²) < 4.78 is 5.00. The largest absolute Gasteiger partial charge is 0.266 e. The molecule has 0 aliphatic rings. The van der Waals surface area contributed by atoms with Gasteiger partial charge in [-0.1, -0.05) is 99.1 Å². The molecule has 0 N–H and O–H groups in total. The van der Waals surface area contributed by atoms with Gasteiger partial charge in [0.15, 0.2) is 0 Å². The van der Waals surface area contributed by atoms with E-state index in [2.05, 4.69) is 120 Å². The van der Waals surface area contributed by atoms with Crippen LogP contribution in [0.4, 0.5) is 0 Å². The van der Waals surface area contributed by atoms with Gasteiger partial charge in [0.25, 0.3) is 5.82 Å². The number of hydrogen-bond donors (Lipinski definition) is 0. The fraction of sp³-hybridized carbons (Fsp3) is 0.276. The third-order valence-electron chi connectivity index (χ3n) is 6.04. The summed E-state index contributed by atoms with van der Waals surface area (Å²) in [4.78, 5) is 0. The van der Waals surface area contributed by atoms with Crippen LogP contribution in [0.2, 0.25) is 0 Å². The Bertz CT molecular complexity index is 1070. The van der Waals surface area contributed by atoms with Gasteiger partial charge >= 0.3 is 0 Å². The summed E-state index contributed by atoms with van der Waals surface area (Å²) in [5, 5.41) is 0. The van der Waals surface area contributed by atoms with Gasteiger partial charge in [-0.15, -0.1) is 0 Å². The lowest BCUT2D eigenvalue weighted by Crippen LogP contribution is -2.39. The summed E-state index contributed by atoms with van der Waals surface area (Å²) in [5.41, 5.74) is 5.38. The Balaban J connectivity index is 1.79. The Kier molecular flexibility index (Phi) is 6.99. The third-order valence-corrected chi connectivity index (χ3v) is 6.04. The fourth-order valence-corrected chi connectivity index (χ4v) is 4.34. The van der Waals surface area contributed by atoms with Crippen molar-refractivity contribution in [2.45, 2.75) is 52.0 Å². The molecule has 0 spiro atoms. The Morgan fingerprint density at radius 2 is 1.42 bits per heavy atom. The van der Waals surface area contributed by atoms with Crippen molar-refractivity contribution in [3.8, 4) is 5.69 Å². The highest BCUT2D eigenvalue weighted by atomic mass is 15.2. The number of unbranched alkanes of at least 4 members (excludes halogenated alkanes) is 1. The van der Waals surface area contributed by atoms with Gasteiger partial charge in [-0.05, 0) is 35.6 Å². The zero-order chi connectivity index (χ0) is 21.5. The van der Waals surface area contributed by atoms with Crippen LogP contribution in [0.25, 0.3) is 5.69 Å².